The second-order valence-electron chi connectivity index (χ2n) is 6.80. The summed E-state index contributed by atoms with van der Waals surface area (Å²) in [5.41, 5.74) is 2.81. The summed E-state index contributed by atoms with van der Waals surface area (Å²) in [6.45, 7) is 1.76. The van der Waals surface area contributed by atoms with Crippen LogP contribution in [0.4, 0.5) is 8.78 Å². The number of carbonyl (C=O) groups is 1. The van der Waals surface area contributed by atoms with Crippen molar-refractivity contribution in [3.63, 3.8) is 0 Å². The molecule has 4 aromatic rings. The third-order valence-corrected chi connectivity index (χ3v) is 4.95. The minimum absolute atomic E-state index is 0.0261. The molecule has 0 fully saturated rings. The Morgan fingerprint density at radius 2 is 1.81 bits per heavy atom. The van der Waals surface area contributed by atoms with E-state index in [9.17, 15) is 13.6 Å². The molecule has 2 aromatic carbocycles. The molecular weight excluding hydrogens is 424 g/mol. The van der Waals surface area contributed by atoms with Gasteiger partial charge in [-0.2, -0.15) is 0 Å². The van der Waals surface area contributed by atoms with Crippen LogP contribution >= 0.6 is 11.6 Å². The van der Waals surface area contributed by atoms with Gasteiger partial charge in [-0.3, -0.25) is 9.78 Å². The summed E-state index contributed by atoms with van der Waals surface area (Å²) in [4.78, 5) is 16.9. The number of benzene rings is 2. The molecule has 0 bridgehead atoms. The van der Waals surface area contributed by atoms with Crippen molar-refractivity contribution in [1.29, 1.82) is 0 Å². The second-order valence-corrected chi connectivity index (χ2v) is 7.21. The van der Waals surface area contributed by atoms with Crippen LogP contribution in [0, 0.1) is 18.6 Å². The fourth-order valence-electron chi connectivity index (χ4n) is 3.06. The molecule has 0 aliphatic carbocycles. The number of aromatic nitrogens is 4. The average molecular weight is 440 g/mol. The lowest BCUT2D eigenvalue weighted by molar-refractivity contribution is 0.0946. The van der Waals surface area contributed by atoms with Gasteiger partial charge in [0, 0.05) is 24.5 Å². The van der Waals surface area contributed by atoms with Crippen LogP contribution in [0.1, 0.15) is 21.6 Å². The van der Waals surface area contributed by atoms with Crippen molar-refractivity contribution in [1.82, 2.24) is 25.3 Å². The van der Waals surface area contributed by atoms with Crippen molar-refractivity contribution in [3.8, 4) is 16.9 Å². The van der Waals surface area contributed by atoms with Crippen LogP contribution < -0.4 is 5.32 Å². The highest BCUT2D eigenvalue weighted by molar-refractivity contribution is 6.30. The first-order valence-electron chi connectivity index (χ1n) is 9.29. The molecule has 1 N–H and O–H groups in total. The molecule has 1 amide bonds. The Morgan fingerprint density at radius 3 is 2.52 bits per heavy atom. The second kappa shape index (κ2) is 8.61. The van der Waals surface area contributed by atoms with Crippen LogP contribution in [0.2, 0.25) is 5.02 Å². The zero-order valence-electron chi connectivity index (χ0n) is 16.3. The van der Waals surface area contributed by atoms with Gasteiger partial charge in [-0.1, -0.05) is 22.9 Å². The molecule has 31 heavy (non-hydrogen) atoms. The smallest absolute Gasteiger partial charge is 0.274 e. The SMILES string of the molecule is Cc1cc(-n2nnc(C(=O)NCc3ccc(F)c(Cl)c3)c2-c2ccncc2)ccc1F. The standard InChI is InChI=1S/C22H16ClF2N5O/c1-13-10-16(3-5-18(13)24)30-21(15-6-8-26-9-7-15)20(28-29-30)22(31)27-12-14-2-4-19(25)17(23)11-14/h2-11H,12H2,1H3,(H,27,31). The molecule has 4 rings (SSSR count). The first-order chi connectivity index (χ1) is 14.9. The van der Waals surface area contributed by atoms with Gasteiger partial charge in [0.2, 0.25) is 0 Å². The van der Waals surface area contributed by atoms with E-state index in [1.807, 2.05) is 0 Å². The highest BCUT2D eigenvalue weighted by atomic mass is 35.5. The molecule has 9 heteroatoms. The van der Waals surface area contributed by atoms with Crippen LogP contribution in [0.5, 0.6) is 0 Å². The first-order valence-corrected chi connectivity index (χ1v) is 9.66. The van der Waals surface area contributed by atoms with Crippen LogP contribution in [0.3, 0.4) is 0 Å². The minimum Gasteiger partial charge on any atom is -0.346 e. The maximum absolute atomic E-state index is 13.7. The molecule has 2 aromatic heterocycles. The van der Waals surface area contributed by atoms with E-state index >= 15 is 0 Å². The van der Waals surface area contributed by atoms with E-state index in [0.717, 1.165) is 0 Å². The lowest BCUT2D eigenvalue weighted by Gasteiger charge is -2.10. The maximum atomic E-state index is 13.7. The molecule has 6 nitrogen and oxygen atoms in total. The van der Waals surface area contributed by atoms with E-state index in [1.54, 1.807) is 43.6 Å². The van der Waals surface area contributed by atoms with Gasteiger partial charge in [-0.05, 0) is 60.5 Å². The van der Waals surface area contributed by atoms with Crippen molar-refractivity contribution in [2.45, 2.75) is 13.5 Å². The van der Waals surface area contributed by atoms with Crippen molar-refractivity contribution in [2.75, 3.05) is 0 Å². The number of hydrogen-bond donors (Lipinski definition) is 1. The van der Waals surface area contributed by atoms with E-state index in [2.05, 4.69) is 20.6 Å². The highest BCUT2D eigenvalue weighted by Crippen LogP contribution is 2.26. The quantitative estimate of drug-likeness (QED) is 0.497. The molecule has 0 radical (unpaired) electrons. The van der Waals surface area contributed by atoms with Gasteiger partial charge in [0.25, 0.3) is 5.91 Å². The van der Waals surface area contributed by atoms with Gasteiger partial charge < -0.3 is 5.32 Å². The Balaban J connectivity index is 1.70. The molecular formula is C22H16ClF2N5O. The van der Waals surface area contributed by atoms with Crippen LogP contribution in [-0.2, 0) is 6.54 Å². The first kappa shape index (κ1) is 20.6. The van der Waals surface area contributed by atoms with Gasteiger partial charge in [0.1, 0.15) is 17.3 Å². The lowest BCUT2D eigenvalue weighted by atomic mass is 10.1. The molecule has 0 aliphatic rings. The molecule has 0 aliphatic heterocycles. The Kier molecular flexibility index (Phi) is 5.73. The third kappa shape index (κ3) is 4.29. The summed E-state index contributed by atoms with van der Waals surface area (Å²) < 4.78 is 28.6. The molecule has 2 heterocycles. The molecule has 0 atom stereocenters. The minimum atomic E-state index is -0.533. The summed E-state index contributed by atoms with van der Waals surface area (Å²) in [5, 5.41) is 10.9. The van der Waals surface area contributed by atoms with Gasteiger partial charge >= 0.3 is 0 Å². The molecule has 0 spiro atoms. The number of pyridine rings is 1. The number of hydrogen-bond acceptors (Lipinski definition) is 4. The summed E-state index contributed by atoms with van der Waals surface area (Å²) in [5.74, 6) is -1.35. The van der Waals surface area contributed by atoms with Gasteiger partial charge in [0.15, 0.2) is 5.69 Å². The van der Waals surface area contributed by atoms with E-state index in [0.29, 0.717) is 28.1 Å². The van der Waals surface area contributed by atoms with Crippen LogP contribution in [0.15, 0.2) is 60.9 Å². The van der Waals surface area contributed by atoms with E-state index < -0.39 is 11.7 Å². The summed E-state index contributed by atoms with van der Waals surface area (Å²) in [6, 6.07) is 12.2. The Hall–Kier alpha value is -3.65. The number of rotatable bonds is 5. The zero-order valence-corrected chi connectivity index (χ0v) is 17.1. The van der Waals surface area contributed by atoms with Gasteiger partial charge in [-0.25, -0.2) is 13.5 Å². The van der Waals surface area contributed by atoms with E-state index in [4.69, 9.17) is 11.6 Å². The van der Waals surface area contributed by atoms with E-state index in [1.165, 1.54) is 28.9 Å². The number of nitrogens with zero attached hydrogens (tertiary/aromatic N) is 4. The van der Waals surface area contributed by atoms with Crippen molar-refractivity contribution in [2.24, 2.45) is 0 Å². The number of carbonyl (C=O) groups excluding carboxylic acids is 1. The third-order valence-electron chi connectivity index (χ3n) is 4.66. The number of aryl methyl sites for hydroxylation is 1. The number of nitrogens with one attached hydrogen (secondary N) is 1. The van der Waals surface area contributed by atoms with Gasteiger partial charge in [-0.15, -0.1) is 5.10 Å². The van der Waals surface area contributed by atoms with Crippen molar-refractivity contribution in [3.05, 3.63) is 94.4 Å². The number of halogens is 3. The predicted octanol–water partition coefficient (Wildman–Crippen LogP) is 4.50. The summed E-state index contributed by atoms with van der Waals surface area (Å²) in [6.07, 6.45) is 3.18. The fraction of sp³-hybridized carbons (Fsp3) is 0.0909. The molecule has 0 unspecified atom stereocenters. The largest absolute Gasteiger partial charge is 0.346 e. The van der Waals surface area contributed by atoms with Crippen LogP contribution in [-0.4, -0.2) is 25.9 Å². The summed E-state index contributed by atoms with van der Waals surface area (Å²) >= 11 is 5.80. The zero-order chi connectivity index (χ0) is 22.0. The molecule has 0 saturated heterocycles. The topological polar surface area (TPSA) is 72.7 Å². The fourth-order valence-corrected chi connectivity index (χ4v) is 3.26. The highest BCUT2D eigenvalue weighted by Gasteiger charge is 2.22. The monoisotopic (exact) mass is 439 g/mol. The average Bonchev–Trinajstić information content (AvgIpc) is 3.22. The Morgan fingerprint density at radius 1 is 1.06 bits per heavy atom. The Labute approximate surface area is 181 Å². The van der Waals surface area contributed by atoms with Crippen LogP contribution in [0.25, 0.3) is 16.9 Å². The number of amides is 1. The Bertz CT molecular complexity index is 1260. The van der Waals surface area contributed by atoms with E-state index in [-0.39, 0.29) is 23.1 Å². The predicted molar refractivity (Wildman–Crippen MR) is 112 cm³/mol. The maximum Gasteiger partial charge on any atom is 0.274 e. The lowest BCUT2D eigenvalue weighted by Crippen LogP contribution is -2.24. The normalized spacial score (nSPS) is 10.8. The van der Waals surface area contributed by atoms with Gasteiger partial charge in [0.05, 0.1) is 10.7 Å². The molecule has 0 saturated carbocycles. The van der Waals surface area contributed by atoms with Crippen molar-refractivity contribution < 1.29 is 13.6 Å². The van der Waals surface area contributed by atoms with Crippen molar-refractivity contribution >= 4 is 17.5 Å². The summed E-state index contributed by atoms with van der Waals surface area (Å²) in [7, 11) is 0. The molecule has 156 valence electrons.